The fourth-order valence-corrected chi connectivity index (χ4v) is 4.63. The molecule has 0 atom stereocenters. The summed E-state index contributed by atoms with van der Waals surface area (Å²) in [7, 11) is -4.17. The molecule has 0 radical (unpaired) electrons. The summed E-state index contributed by atoms with van der Waals surface area (Å²) in [5.41, 5.74) is -0.914. The fourth-order valence-electron chi connectivity index (χ4n) is 2.85. The molecule has 0 aliphatic carbocycles. The first-order chi connectivity index (χ1) is 13.5. The van der Waals surface area contributed by atoms with Crippen molar-refractivity contribution in [1.29, 1.82) is 0 Å². The van der Waals surface area contributed by atoms with Gasteiger partial charge in [-0.25, -0.2) is 13.4 Å². The van der Waals surface area contributed by atoms with Crippen molar-refractivity contribution in [2.75, 3.05) is 26.2 Å². The van der Waals surface area contributed by atoms with Crippen LogP contribution < -0.4 is 0 Å². The van der Waals surface area contributed by atoms with Crippen molar-refractivity contribution in [2.45, 2.75) is 11.1 Å². The zero-order valence-corrected chi connectivity index (χ0v) is 17.0. The first-order valence-electron chi connectivity index (χ1n) is 8.28. The largest absolute Gasteiger partial charge is 0.417 e. The Morgan fingerprint density at radius 2 is 1.69 bits per heavy atom. The molecule has 0 spiro atoms. The Bertz CT molecular complexity index is 1020. The first-order valence-corrected chi connectivity index (χ1v) is 10.5. The molecule has 1 fully saturated rings. The van der Waals surface area contributed by atoms with Gasteiger partial charge < -0.3 is 4.90 Å². The van der Waals surface area contributed by atoms with Gasteiger partial charge in [0.2, 0.25) is 10.0 Å². The maximum atomic E-state index is 13.0. The molecule has 2 aromatic rings. The summed E-state index contributed by atoms with van der Waals surface area (Å²) in [4.78, 5) is 17.2. The number of sulfonamides is 1. The zero-order chi connectivity index (χ0) is 21.4. The lowest BCUT2D eigenvalue weighted by molar-refractivity contribution is -0.137. The number of hydrogen-bond donors (Lipinski definition) is 0. The minimum absolute atomic E-state index is 0.0565. The van der Waals surface area contributed by atoms with E-state index in [0.717, 1.165) is 16.4 Å². The van der Waals surface area contributed by atoms with Gasteiger partial charge in [0.05, 0.1) is 21.0 Å². The van der Waals surface area contributed by atoms with E-state index in [-0.39, 0.29) is 37.2 Å². The molecule has 6 nitrogen and oxygen atoms in total. The van der Waals surface area contributed by atoms with E-state index in [1.54, 1.807) is 0 Å². The SMILES string of the molecule is O=C(c1ccc(Cl)nc1)N1CCN(S(=O)(=O)c2ccc(Cl)c(C(F)(F)F)c2)CC1. The molecule has 156 valence electrons. The second kappa shape index (κ2) is 8.10. The average molecular weight is 468 g/mol. The van der Waals surface area contributed by atoms with Gasteiger partial charge in [-0.2, -0.15) is 17.5 Å². The van der Waals surface area contributed by atoms with Crippen molar-refractivity contribution in [3.05, 3.63) is 57.8 Å². The van der Waals surface area contributed by atoms with Crippen molar-refractivity contribution in [3.63, 3.8) is 0 Å². The summed E-state index contributed by atoms with van der Waals surface area (Å²) in [6.45, 7) is 0.0545. The van der Waals surface area contributed by atoms with Gasteiger partial charge in [-0.3, -0.25) is 4.79 Å². The van der Waals surface area contributed by atoms with Gasteiger partial charge in [0.1, 0.15) is 5.15 Å². The van der Waals surface area contributed by atoms with Gasteiger partial charge in [0.25, 0.3) is 5.91 Å². The van der Waals surface area contributed by atoms with Gasteiger partial charge in [-0.05, 0) is 30.3 Å². The van der Waals surface area contributed by atoms with Gasteiger partial charge in [0, 0.05) is 32.4 Å². The van der Waals surface area contributed by atoms with Crippen LogP contribution in [0, 0.1) is 0 Å². The molecule has 1 aromatic carbocycles. The van der Waals surface area contributed by atoms with Crippen LogP contribution >= 0.6 is 23.2 Å². The Morgan fingerprint density at radius 1 is 1.03 bits per heavy atom. The third-order valence-corrected chi connectivity index (χ3v) is 6.83. The number of nitrogens with zero attached hydrogens (tertiary/aromatic N) is 3. The number of aromatic nitrogens is 1. The molecule has 1 saturated heterocycles. The molecular weight excluding hydrogens is 454 g/mol. The quantitative estimate of drug-likeness (QED) is 0.647. The average Bonchev–Trinajstić information content (AvgIpc) is 2.67. The predicted molar refractivity (Wildman–Crippen MR) is 100 cm³/mol. The molecule has 3 rings (SSSR count). The molecule has 0 bridgehead atoms. The number of piperazine rings is 1. The Morgan fingerprint density at radius 3 is 2.24 bits per heavy atom. The van der Waals surface area contributed by atoms with E-state index < -0.39 is 31.7 Å². The maximum absolute atomic E-state index is 13.0. The molecule has 2 heterocycles. The van der Waals surface area contributed by atoms with Crippen molar-refractivity contribution in [3.8, 4) is 0 Å². The van der Waals surface area contributed by atoms with E-state index in [0.29, 0.717) is 11.6 Å². The van der Waals surface area contributed by atoms with Crippen LogP contribution in [0.15, 0.2) is 41.4 Å². The van der Waals surface area contributed by atoms with E-state index in [9.17, 15) is 26.4 Å². The normalized spacial score (nSPS) is 16.1. The van der Waals surface area contributed by atoms with Crippen LogP contribution in [0.4, 0.5) is 13.2 Å². The predicted octanol–water partition coefficient (Wildman–Crippen LogP) is 3.55. The number of halogens is 5. The fraction of sp³-hybridized carbons (Fsp3) is 0.294. The lowest BCUT2D eigenvalue weighted by Crippen LogP contribution is -2.50. The van der Waals surface area contributed by atoms with Crippen LogP contribution in [-0.2, 0) is 16.2 Å². The summed E-state index contributed by atoms with van der Waals surface area (Å²) in [5.74, 6) is -0.336. The number of carbonyl (C=O) groups excluding carboxylic acids is 1. The summed E-state index contributed by atoms with van der Waals surface area (Å²) in [6.07, 6.45) is -3.46. The molecule has 1 aliphatic rings. The van der Waals surface area contributed by atoms with Crippen LogP contribution in [0.1, 0.15) is 15.9 Å². The lowest BCUT2D eigenvalue weighted by Gasteiger charge is -2.34. The number of rotatable bonds is 3. The van der Waals surface area contributed by atoms with Crippen molar-refractivity contribution >= 4 is 39.1 Å². The second-order valence-electron chi connectivity index (χ2n) is 6.21. The van der Waals surface area contributed by atoms with Crippen LogP contribution in [-0.4, -0.2) is 54.7 Å². The number of amides is 1. The van der Waals surface area contributed by atoms with Gasteiger partial charge in [-0.15, -0.1) is 0 Å². The highest BCUT2D eigenvalue weighted by atomic mass is 35.5. The van der Waals surface area contributed by atoms with Crippen LogP contribution in [0.3, 0.4) is 0 Å². The van der Waals surface area contributed by atoms with Crippen LogP contribution in [0.5, 0.6) is 0 Å². The number of pyridine rings is 1. The molecule has 29 heavy (non-hydrogen) atoms. The Labute approximate surface area is 174 Å². The third-order valence-electron chi connectivity index (χ3n) is 4.38. The molecule has 1 amide bonds. The first kappa shape index (κ1) is 21.8. The number of alkyl halides is 3. The van der Waals surface area contributed by atoms with Gasteiger partial charge in [0.15, 0.2) is 0 Å². The summed E-state index contributed by atoms with van der Waals surface area (Å²) < 4.78 is 65.6. The van der Waals surface area contributed by atoms with E-state index >= 15 is 0 Å². The maximum Gasteiger partial charge on any atom is 0.417 e. The highest BCUT2D eigenvalue weighted by Gasteiger charge is 2.36. The lowest BCUT2D eigenvalue weighted by atomic mass is 10.2. The smallest absolute Gasteiger partial charge is 0.336 e. The topological polar surface area (TPSA) is 70.6 Å². The Hall–Kier alpha value is -1.88. The van der Waals surface area contributed by atoms with Gasteiger partial charge >= 0.3 is 6.18 Å². The van der Waals surface area contributed by atoms with Crippen molar-refractivity contribution < 1.29 is 26.4 Å². The second-order valence-corrected chi connectivity index (χ2v) is 8.94. The summed E-state index contributed by atoms with van der Waals surface area (Å²) in [5, 5.41) is -0.345. The number of carbonyl (C=O) groups is 1. The summed E-state index contributed by atoms with van der Waals surface area (Å²) >= 11 is 11.2. The van der Waals surface area contributed by atoms with Gasteiger partial charge in [-0.1, -0.05) is 23.2 Å². The zero-order valence-electron chi connectivity index (χ0n) is 14.7. The molecule has 1 aliphatic heterocycles. The Kier molecular flexibility index (Phi) is 6.09. The van der Waals surface area contributed by atoms with Crippen molar-refractivity contribution in [2.24, 2.45) is 0 Å². The highest BCUT2D eigenvalue weighted by molar-refractivity contribution is 7.89. The molecule has 1 aromatic heterocycles. The van der Waals surface area contributed by atoms with E-state index in [2.05, 4.69) is 4.98 Å². The number of hydrogen-bond acceptors (Lipinski definition) is 4. The van der Waals surface area contributed by atoms with Crippen LogP contribution in [0.25, 0.3) is 0 Å². The third kappa shape index (κ3) is 4.66. The number of benzene rings is 1. The molecule has 0 N–H and O–H groups in total. The molecule has 12 heteroatoms. The Balaban J connectivity index is 1.75. The minimum atomic E-state index is -4.78. The molecule has 0 unspecified atom stereocenters. The monoisotopic (exact) mass is 467 g/mol. The van der Waals surface area contributed by atoms with Crippen LogP contribution in [0.2, 0.25) is 10.2 Å². The summed E-state index contributed by atoms with van der Waals surface area (Å²) in [6, 6.07) is 5.43. The standard InChI is InChI=1S/C17H14Cl2F3N3O3S/c18-14-3-2-12(9-13(14)17(20,21)22)29(27,28)25-7-5-24(6-8-25)16(26)11-1-4-15(19)23-10-11/h1-4,9-10H,5-8H2. The van der Waals surface area contributed by atoms with E-state index in [4.69, 9.17) is 23.2 Å². The van der Waals surface area contributed by atoms with Crippen molar-refractivity contribution in [1.82, 2.24) is 14.2 Å². The van der Waals surface area contributed by atoms with E-state index in [1.807, 2.05) is 0 Å². The molecular formula is C17H14Cl2F3N3O3S. The molecule has 0 saturated carbocycles. The van der Waals surface area contributed by atoms with E-state index in [1.165, 1.54) is 23.2 Å². The minimum Gasteiger partial charge on any atom is -0.336 e. The highest BCUT2D eigenvalue weighted by Crippen LogP contribution is 2.36.